The van der Waals surface area contributed by atoms with E-state index in [4.69, 9.17) is 0 Å². The fourth-order valence-electron chi connectivity index (χ4n) is 3.52. The van der Waals surface area contributed by atoms with Crippen molar-refractivity contribution in [2.45, 2.75) is 52.9 Å². The van der Waals surface area contributed by atoms with Crippen LogP contribution in [0.5, 0.6) is 0 Å². The van der Waals surface area contributed by atoms with Gasteiger partial charge in [-0.2, -0.15) is 18.4 Å². The number of amides is 1. The second-order valence-corrected chi connectivity index (χ2v) is 12.9. The van der Waals surface area contributed by atoms with E-state index in [1.54, 1.807) is 0 Å². The number of benzene rings is 2. The molecular formula is C23H23F4N3O5S2. The summed E-state index contributed by atoms with van der Waals surface area (Å²) in [5.41, 5.74) is -1.62. The van der Waals surface area contributed by atoms with Gasteiger partial charge >= 0.3 is 6.18 Å². The smallest absolute Gasteiger partial charge is 0.336 e. The lowest BCUT2D eigenvalue weighted by Crippen LogP contribution is -2.52. The standard InChI is InChI=1S/C23H23F4N3O5S2/c1-36(32,33)17-6-8-18(9-7-17)37(34,35)13-10-19(21(31)30-22(14-28)11-12-22)29-20(23(25,26)27)15-2-4-16(24)5-3-15/h2-9,19-20,29H,10-13H2,1H3,(H,30,31)/t19-,20-/m0/s1. The highest BCUT2D eigenvalue weighted by Gasteiger charge is 2.47. The van der Waals surface area contributed by atoms with Gasteiger partial charge in [0.15, 0.2) is 19.7 Å². The van der Waals surface area contributed by atoms with Crippen molar-refractivity contribution in [3.8, 4) is 6.07 Å². The third-order valence-corrected chi connectivity index (χ3v) is 8.72. The molecule has 0 heterocycles. The van der Waals surface area contributed by atoms with Crippen molar-refractivity contribution in [1.29, 1.82) is 5.26 Å². The number of alkyl halides is 3. The first-order valence-electron chi connectivity index (χ1n) is 10.9. The average molecular weight is 562 g/mol. The number of sulfone groups is 2. The predicted octanol–water partition coefficient (Wildman–Crippen LogP) is 2.83. The summed E-state index contributed by atoms with van der Waals surface area (Å²) in [6.07, 6.45) is -3.99. The van der Waals surface area contributed by atoms with Crippen molar-refractivity contribution in [2.24, 2.45) is 0 Å². The minimum Gasteiger partial charge on any atom is -0.336 e. The molecule has 14 heteroatoms. The molecule has 3 rings (SSSR count). The Labute approximate surface area is 211 Å². The lowest BCUT2D eigenvalue weighted by molar-refractivity contribution is -0.161. The maximum atomic E-state index is 13.9. The lowest BCUT2D eigenvalue weighted by Gasteiger charge is -2.28. The van der Waals surface area contributed by atoms with Crippen LogP contribution in [0.3, 0.4) is 0 Å². The first-order valence-corrected chi connectivity index (χ1v) is 14.5. The quantitative estimate of drug-likeness (QED) is 0.426. The minimum atomic E-state index is -4.93. The highest BCUT2D eigenvalue weighted by molar-refractivity contribution is 7.91. The second-order valence-electron chi connectivity index (χ2n) is 8.78. The molecule has 1 fully saturated rings. The molecule has 1 aliphatic rings. The van der Waals surface area contributed by atoms with Gasteiger partial charge in [-0.1, -0.05) is 12.1 Å². The van der Waals surface area contributed by atoms with Crippen molar-refractivity contribution >= 4 is 25.6 Å². The molecule has 0 radical (unpaired) electrons. The minimum absolute atomic E-state index is 0.121. The molecule has 0 saturated heterocycles. The summed E-state index contributed by atoms with van der Waals surface area (Å²) in [5, 5.41) is 13.8. The Morgan fingerprint density at radius 2 is 1.57 bits per heavy atom. The number of hydrogen-bond acceptors (Lipinski definition) is 7. The van der Waals surface area contributed by atoms with E-state index in [1.807, 2.05) is 6.07 Å². The molecule has 0 unspecified atom stereocenters. The Hall–Kier alpha value is -3.02. The van der Waals surface area contributed by atoms with Crippen LogP contribution in [0.1, 0.15) is 30.9 Å². The summed E-state index contributed by atoms with van der Waals surface area (Å²) in [6.45, 7) is 0. The Balaban J connectivity index is 1.87. The molecule has 1 saturated carbocycles. The largest absolute Gasteiger partial charge is 0.407 e. The third-order valence-electron chi connectivity index (χ3n) is 5.83. The molecule has 2 aromatic rings. The number of carbonyl (C=O) groups excluding carboxylic acids is 1. The van der Waals surface area contributed by atoms with Crippen molar-refractivity contribution in [2.75, 3.05) is 12.0 Å². The van der Waals surface area contributed by atoms with Gasteiger partial charge in [0.05, 0.1) is 27.7 Å². The van der Waals surface area contributed by atoms with Crippen LogP contribution in [0, 0.1) is 17.1 Å². The van der Waals surface area contributed by atoms with E-state index < -0.39 is 72.9 Å². The number of rotatable bonds is 10. The first kappa shape index (κ1) is 28.5. The summed E-state index contributed by atoms with van der Waals surface area (Å²) in [5.74, 6) is -2.51. The third kappa shape index (κ3) is 7.27. The maximum absolute atomic E-state index is 13.9. The molecule has 1 aliphatic carbocycles. The molecule has 200 valence electrons. The average Bonchev–Trinajstić information content (AvgIpc) is 3.58. The fraction of sp³-hybridized carbons (Fsp3) is 0.391. The van der Waals surface area contributed by atoms with Gasteiger partial charge in [0.25, 0.3) is 0 Å². The number of halogens is 4. The van der Waals surface area contributed by atoms with Crippen LogP contribution >= 0.6 is 0 Å². The number of hydrogen-bond donors (Lipinski definition) is 2. The molecule has 0 spiro atoms. The predicted molar refractivity (Wildman–Crippen MR) is 124 cm³/mol. The Kier molecular flexibility index (Phi) is 8.02. The van der Waals surface area contributed by atoms with Crippen molar-refractivity contribution in [3.63, 3.8) is 0 Å². The van der Waals surface area contributed by atoms with Crippen LogP contribution < -0.4 is 10.6 Å². The molecule has 37 heavy (non-hydrogen) atoms. The SMILES string of the molecule is CS(=O)(=O)c1ccc(S(=O)(=O)CC[C@H](N[C@@H](c2ccc(F)cc2)C(F)(F)F)C(=O)NC2(C#N)CC2)cc1. The highest BCUT2D eigenvalue weighted by atomic mass is 32.2. The van der Waals surface area contributed by atoms with E-state index in [9.17, 15) is 44.5 Å². The summed E-state index contributed by atoms with van der Waals surface area (Å²) in [7, 11) is -7.72. The van der Waals surface area contributed by atoms with Crippen molar-refractivity contribution in [3.05, 3.63) is 59.9 Å². The van der Waals surface area contributed by atoms with Crippen LogP contribution in [0.2, 0.25) is 0 Å². The maximum Gasteiger partial charge on any atom is 0.407 e. The van der Waals surface area contributed by atoms with Gasteiger partial charge in [-0.05, 0) is 61.2 Å². The fourth-order valence-corrected chi connectivity index (χ4v) is 5.49. The lowest BCUT2D eigenvalue weighted by atomic mass is 10.0. The highest BCUT2D eigenvalue weighted by Crippen LogP contribution is 2.36. The van der Waals surface area contributed by atoms with E-state index in [-0.39, 0.29) is 9.79 Å². The van der Waals surface area contributed by atoms with Crippen molar-refractivity contribution in [1.82, 2.24) is 10.6 Å². The summed E-state index contributed by atoms with van der Waals surface area (Å²) < 4.78 is 104. The summed E-state index contributed by atoms with van der Waals surface area (Å²) >= 11 is 0. The van der Waals surface area contributed by atoms with Gasteiger partial charge in [-0.25, -0.2) is 21.2 Å². The van der Waals surface area contributed by atoms with Gasteiger partial charge in [0, 0.05) is 6.26 Å². The normalized spacial score (nSPS) is 16.9. The zero-order valence-electron chi connectivity index (χ0n) is 19.4. The number of carbonyl (C=O) groups is 1. The Bertz CT molecular complexity index is 1400. The molecule has 0 bridgehead atoms. The van der Waals surface area contributed by atoms with Gasteiger partial charge in [-0.15, -0.1) is 0 Å². The van der Waals surface area contributed by atoms with Crippen LogP contribution in [0.4, 0.5) is 17.6 Å². The topological polar surface area (TPSA) is 133 Å². The van der Waals surface area contributed by atoms with Gasteiger partial charge in [-0.3, -0.25) is 10.1 Å². The van der Waals surface area contributed by atoms with Gasteiger partial charge < -0.3 is 5.32 Å². The van der Waals surface area contributed by atoms with Crippen LogP contribution in [0.25, 0.3) is 0 Å². The molecule has 0 aromatic heterocycles. The molecule has 2 aromatic carbocycles. The summed E-state index contributed by atoms with van der Waals surface area (Å²) in [6, 6.07) is 5.49. The van der Waals surface area contributed by atoms with E-state index in [0.717, 1.165) is 54.8 Å². The molecular weight excluding hydrogens is 538 g/mol. The zero-order valence-corrected chi connectivity index (χ0v) is 21.1. The zero-order chi connectivity index (χ0) is 27.6. The van der Waals surface area contributed by atoms with Gasteiger partial charge in [0.2, 0.25) is 5.91 Å². The number of nitrogens with zero attached hydrogens (tertiary/aromatic N) is 1. The first-order chi connectivity index (χ1) is 17.1. The Morgan fingerprint density at radius 3 is 2.03 bits per heavy atom. The Morgan fingerprint density at radius 1 is 1.03 bits per heavy atom. The molecule has 2 atom stereocenters. The van der Waals surface area contributed by atoms with Crippen LogP contribution in [-0.4, -0.2) is 52.5 Å². The molecule has 8 nitrogen and oxygen atoms in total. The van der Waals surface area contributed by atoms with Crippen LogP contribution in [0.15, 0.2) is 58.3 Å². The number of nitrogens with one attached hydrogen (secondary N) is 2. The van der Waals surface area contributed by atoms with E-state index in [0.29, 0.717) is 12.8 Å². The van der Waals surface area contributed by atoms with E-state index in [2.05, 4.69) is 10.6 Å². The van der Waals surface area contributed by atoms with Crippen LogP contribution in [-0.2, 0) is 24.5 Å². The monoisotopic (exact) mass is 561 g/mol. The number of nitriles is 1. The van der Waals surface area contributed by atoms with Crippen molar-refractivity contribution < 1.29 is 39.2 Å². The molecule has 2 N–H and O–H groups in total. The second kappa shape index (κ2) is 10.4. The van der Waals surface area contributed by atoms with E-state index in [1.165, 1.54) is 0 Å². The molecule has 1 amide bonds. The van der Waals surface area contributed by atoms with Gasteiger partial charge in [0.1, 0.15) is 17.4 Å². The molecule has 0 aliphatic heterocycles. The summed E-state index contributed by atoms with van der Waals surface area (Å²) in [4.78, 5) is 12.5. The van der Waals surface area contributed by atoms with E-state index >= 15 is 0 Å².